The molecule has 0 radical (unpaired) electrons. The Bertz CT molecular complexity index is 1580. The van der Waals surface area contributed by atoms with E-state index in [1.165, 1.54) is 18.4 Å². The van der Waals surface area contributed by atoms with Gasteiger partial charge in [-0.15, -0.1) is 0 Å². The summed E-state index contributed by atoms with van der Waals surface area (Å²) in [6.07, 6.45) is 14.9. The van der Waals surface area contributed by atoms with Crippen LogP contribution in [0.2, 0.25) is 0 Å². The standard InChI is InChI=1S/C36H42N4O2/c1-5-7-11-18-36(3,4)26-20-25-21-28-32(34(38)40-33(28)37)31(23-12-9-10-13-23)30(25)29(22-26)42-27-16-14-24(15-17-27)35(41)39-19-8-6-2/h9-10,12-17,20-23H,5-8,11,18-19H2,1-4H3,(H,39,41)(H3,37,38,40). The second-order valence-corrected chi connectivity index (χ2v) is 12.0. The van der Waals surface area contributed by atoms with E-state index in [1.54, 1.807) is 0 Å². The lowest BCUT2D eigenvalue weighted by Crippen LogP contribution is -2.24. The number of nitrogens with zero attached hydrogens (tertiary/aromatic N) is 1. The largest absolute Gasteiger partial charge is 0.457 e. The number of amidine groups is 2. The molecule has 0 atom stereocenters. The van der Waals surface area contributed by atoms with Crippen molar-refractivity contribution < 1.29 is 9.53 Å². The molecule has 1 heterocycles. The summed E-state index contributed by atoms with van der Waals surface area (Å²) in [5, 5.41) is 13.5. The summed E-state index contributed by atoms with van der Waals surface area (Å²) in [7, 11) is 0. The lowest BCUT2D eigenvalue weighted by Gasteiger charge is -2.28. The van der Waals surface area contributed by atoms with Gasteiger partial charge < -0.3 is 15.8 Å². The molecule has 42 heavy (non-hydrogen) atoms. The monoisotopic (exact) mass is 562 g/mol. The first-order valence-corrected chi connectivity index (χ1v) is 15.2. The third-order valence-corrected chi connectivity index (χ3v) is 8.41. The van der Waals surface area contributed by atoms with Crippen molar-refractivity contribution in [2.75, 3.05) is 6.54 Å². The van der Waals surface area contributed by atoms with Crippen LogP contribution in [-0.2, 0) is 5.41 Å². The maximum Gasteiger partial charge on any atom is 0.251 e. The van der Waals surface area contributed by atoms with Crippen LogP contribution in [0.1, 0.15) is 105 Å². The minimum atomic E-state index is -0.0776. The zero-order valence-corrected chi connectivity index (χ0v) is 25.2. The van der Waals surface area contributed by atoms with Gasteiger partial charge in [-0.2, -0.15) is 0 Å². The molecule has 1 aliphatic carbocycles. The molecule has 1 amide bonds. The summed E-state index contributed by atoms with van der Waals surface area (Å²) < 4.78 is 6.69. The van der Waals surface area contributed by atoms with Crippen molar-refractivity contribution in [3.8, 4) is 11.5 Å². The topological polar surface area (TPSA) is 101 Å². The van der Waals surface area contributed by atoms with E-state index in [-0.39, 0.29) is 23.1 Å². The second kappa shape index (κ2) is 12.4. The molecule has 3 aromatic carbocycles. The highest BCUT2D eigenvalue weighted by Crippen LogP contribution is 2.45. The third kappa shape index (κ3) is 5.89. The molecule has 4 N–H and O–H groups in total. The molecule has 218 valence electrons. The zero-order valence-electron chi connectivity index (χ0n) is 25.2. The number of ether oxygens (including phenoxy) is 1. The van der Waals surface area contributed by atoms with Crippen molar-refractivity contribution in [2.45, 2.75) is 77.6 Å². The lowest BCUT2D eigenvalue weighted by molar-refractivity contribution is 0.0953. The fraction of sp³-hybridized carbons (Fsp3) is 0.361. The second-order valence-electron chi connectivity index (χ2n) is 12.0. The third-order valence-electron chi connectivity index (χ3n) is 8.41. The summed E-state index contributed by atoms with van der Waals surface area (Å²) in [4.78, 5) is 16.9. The van der Waals surface area contributed by atoms with Crippen molar-refractivity contribution in [2.24, 2.45) is 10.7 Å². The van der Waals surface area contributed by atoms with Crippen LogP contribution in [0.25, 0.3) is 10.8 Å². The SMILES string of the molecule is CCCCCC(C)(C)c1cc(Oc2ccc(C(=O)NCCCC)cc2)c2c(C3C=CC=C3)c3c(cc2c1)C(=N)N=C3N. The van der Waals surface area contributed by atoms with Crippen molar-refractivity contribution in [1.82, 2.24) is 5.32 Å². The number of fused-ring (bicyclic) bond motifs is 2. The highest BCUT2D eigenvalue weighted by molar-refractivity contribution is 6.24. The predicted octanol–water partition coefficient (Wildman–Crippen LogP) is 8.27. The van der Waals surface area contributed by atoms with Gasteiger partial charge in [-0.1, -0.05) is 83.7 Å². The molecule has 3 aromatic rings. The van der Waals surface area contributed by atoms with Crippen molar-refractivity contribution in [3.05, 3.63) is 94.6 Å². The average Bonchev–Trinajstić information content (AvgIpc) is 3.60. The van der Waals surface area contributed by atoms with Gasteiger partial charge in [0.15, 0.2) is 5.84 Å². The Balaban J connectivity index is 1.63. The number of carbonyl (C=O) groups is 1. The molecular formula is C36H42N4O2. The fourth-order valence-electron chi connectivity index (χ4n) is 5.91. The number of amides is 1. The minimum Gasteiger partial charge on any atom is -0.457 e. The highest BCUT2D eigenvalue weighted by atomic mass is 16.5. The molecule has 0 aromatic heterocycles. The van der Waals surface area contributed by atoms with Gasteiger partial charge in [0.2, 0.25) is 0 Å². The number of allylic oxidation sites excluding steroid dienone is 4. The molecule has 0 bridgehead atoms. The van der Waals surface area contributed by atoms with E-state index in [2.05, 4.69) is 62.3 Å². The maximum absolute atomic E-state index is 12.6. The van der Waals surface area contributed by atoms with Crippen molar-refractivity contribution >= 4 is 28.4 Å². The Morgan fingerprint density at radius 3 is 2.43 bits per heavy atom. The van der Waals surface area contributed by atoms with E-state index in [4.69, 9.17) is 15.9 Å². The number of hydrogen-bond donors (Lipinski definition) is 3. The summed E-state index contributed by atoms with van der Waals surface area (Å²) in [5.74, 6) is 1.87. The normalized spacial score (nSPS) is 14.5. The first-order chi connectivity index (χ1) is 20.2. The number of nitrogens with one attached hydrogen (secondary N) is 2. The smallest absolute Gasteiger partial charge is 0.251 e. The van der Waals surface area contributed by atoms with Crippen LogP contribution in [0.15, 0.2) is 71.8 Å². The number of aliphatic imine (C=N–C) groups is 1. The van der Waals surface area contributed by atoms with Crippen molar-refractivity contribution in [3.63, 3.8) is 0 Å². The van der Waals surface area contributed by atoms with Gasteiger partial charge >= 0.3 is 0 Å². The van der Waals surface area contributed by atoms with Crippen LogP contribution in [0.5, 0.6) is 11.5 Å². The van der Waals surface area contributed by atoms with Crippen LogP contribution in [0.3, 0.4) is 0 Å². The molecule has 6 nitrogen and oxygen atoms in total. The first-order valence-electron chi connectivity index (χ1n) is 15.2. The highest BCUT2D eigenvalue weighted by Gasteiger charge is 2.31. The maximum atomic E-state index is 12.6. The van der Waals surface area contributed by atoms with Crippen LogP contribution < -0.4 is 15.8 Å². The first kappa shape index (κ1) is 29.3. The molecule has 5 rings (SSSR count). The molecular weight excluding hydrogens is 520 g/mol. The summed E-state index contributed by atoms with van der Waals surface area (Å²) in [6.45, 7) is 9.58. The Hall–Kier alpha value is -4.19. The molecule has 2 aliphatic rings. The van der Waals surface area contributed by atoms with Gasteiger partial charge in [0.25, 0.3) is 5.91 Å². The van der Waals surface area contributed by atoms with Gasteiger partial charge in [-0.25, -0.2) is 4.99 Å². The van der Waals surface area contributed by atoms with Gasteiger partial charge in [0.1, 0.15) is 17.3 Å². The summed E-state index contributed by atoms with van der Waals surface area (Å²) in [6, 6.07) is 13.8. The van der Waals surface area contributed by atoms with Crippen molar-refractivity contribution in [1.29, 1.82) is 5.41 Å². The Morgan fingerprint density at radius 1 is 1.02 bits per heavy atom. The number of nitrogens with two attached hydrogens (primary N) is 1. The molecule has 0 saturated carbocycles. The molecule has 0 unspecified atom stereocenters. The molecule has 6 heteroatoms. The van der Waals surface area contributed by atoms with E-state index in [1.807, 2.05) is 42.5 Å². The summed E-state index contributed by atoms with van der Waals surface area (Å²) >= 11 is 0. The quantitative estimate of drug-likeness (QED) is 0.194. The number of hydrogen-bond acceptors (Lipinski definition) is 4. The molecule has 0 saturated heterocycles. The van der Waals surface area contributed by atoms with Gasteiger partial charge in [0, 0.05) is 34.5 Å². The Kier molecular flexibility index (Phi) is 8.62. The number of benzene rings is 3. The predicted molar refractivity (Wildman–Crippen MR) is 173 cm³/mol. The fourth-order valence-corrected chi connectivity index (χ4v) is 5.91. The number of carbonyl (C=O) groups excluding carboxylic acids is 1. The van der Waals surface area contributed by atoms with E-state index in [0.717, 1.165) is 58.9 Å². The van der Waals surface area contributed by atoms with Gasteiger partial charge in [-0.05, 0) is 71.2 Å². The van der Waals surface area contributed by atoms with Gasteiger partial charge in [0.05, 0.1) is 0 Å². The zero-order chi connectivity index (χ0) is 29.9. The van der Waals surface area contributed by atoms with Crippen LogP contribution in [0, 0.1) is 5.41 Å². The Labute approximate surface area is 249 Å². The molecule has 0 fully saturated rings. The number of unbranched alkanes of at least 4 members (excludes halogenated alkanes) is 3. The van der Waals surface area contributed by atoms with Crippen LogP contribution in [-0.4, -0.2) is 24.1 Å². The van der Waals surface area contributed by atoms with Crippen LogP contribution >= 0.6 is 0 Å². The molecule has 1 aliphatic heterocycles. The Morgan fingerprint density at radius 2 is 1.74 bits per heavy atom. The van der Waals surface area contributed by atoms with Crippen LogP contribution in [0.4, 0.5) is 0 Å². The van der Waals surface area contributed by atoms with E-state index >= 15 is 0 Å². The van der Waals surface area contributed by atoms with E-state index < -0.39 is 0 Å². The number of rotatable bonds is 12. The van der Waals surface area contributed by atoms with E-state index in [9.17, 15) is 4.79 Å². The average molecular weight is 563 g/mol. The molecule has 0 spiro atoms. The van der Waals surface area contributed by atoms with E-state index in [0.29, 0.717) is 23.7 Å². The minimum absolute atomic E-state index is 0.0120. The lowest BCUT2D eigenvalue weighted by atomic mass is 9.78. The summed E-state index contributed by atoms with van der Waals surface area (Å²) in [5.41, 5.74) is 10.7. The van der Waals surface area contributed by atoms with Gasteiger partial charge in [-0.3, -0.25) is 10.2 Å².